The summed E-state index contributed by atoms with van der Waals surface area (Å²) in [5, 5.41) is 0. The van der Waals surface area contributed by atoms with Gasteiger partial charge in [0.15, 0.2) is 11.6 Å². The predicted molar refractivity (Wildman–Crippen MR) is 58.6 cm³/mol. The molecule has 0 aliphatic heterocycles. The van der Waals surface area contributed by atoms with Gasteiger partial charge >= 0.3 is 0 Å². The van der Waals surface area contributed by atoms with Gasteiger partial charge in [-0.2, -0.15) is 0 Å². The van der Waals surface area contributed by atoms with E-state index in [0.29, 0.717) is 5.69 Å². The van der Waals surface area contributed by atoms with E-state index in [2.05, 4.69) is 4.98 Å². The first kappa shape index (κ1) is 11.5. The minimum atomic E-state index is -0.647. The van der Waals surface area contributed by atoms with Crippen LogP contribution >= 0.6 is 0 Å². The number of pyridine rings is 1. The molecule has 0 aliphatic rings. The molecule has 2 rings (SSSR count). The van der Waals surface area contributed by atoms with Crippen LogP contribution in [0.15, 0.2) is 36.4 Å². The molecule has 17 heavy (non-hydrogen) atoms. The van der Waals surface area contributed by atoms with Crippen LogP contribution < -0.4 is 10.5 Å². The smallest absolute Gasteiger partial charge is 0.219 e. The normalized spacial score (nSPS) is 10.3. The van der Waals surface area contributed by atoms with E-state index in [-0.39, 0.29) is 18.2 Å². The number of halogens is 2. The summed E-state index contributed by atoms with van der Waals surface area (Å²) in [5.41, 5.74) is 6.02. The number of rotatable bonds is 3. The molecule has 2 aromatic rings. The Balaban J connectivity index is 2.27. The Bertz CT molecular complexity index is 532. The van der Waals surface area contributed by atoms with E-state index in [4.69, 9.17) is 10.5 Å². The molecular formula is C12H10F2N2O. The van der Waals surface area contributed by atoms with Crippen molar-refractivity contribution in [3.05, 3.63) is 53.7 Å². The van der Waals surface area contributed by atoms with Gasteiger partial charge in [0.1, 0.15) is 5.82 Å². The number of nitrogens with zero attached hydrogens (tertiary/aromatic N) is 1. The Morgan fingerprint density at radius 1 is 1.18 bits per heavy atom. The third kappa shape index (κ3) is 2.76. The van der Waals surface area contributed by atoms with Crippen LogP contribution in [0.3, 0.4) is 0 Å². The SMILES string of the molecule is NCc1cccc(Oc2cc(F)ccc2F)n1. The van der Waals surface area contributed by atoms with Crippen LogP contribution in [0.25, 0.3) is 0 Å². The molecule has 0 saturated carbocycles. The molecule has 88 valence electrons. The molecule has 0 fully saturated rings. The molecule has 0 radical (unpaired) electrons. The molecule has 0 spiro atoms. The fourth-order valence-electron chi connectivity index (χ4n) is 1.30. The Morgan fingerprint density at radius 3 is 2.76 bits per heavy atom. The van der Waals surface area contributed by atoms with Gasteiger partial charge in [-0.1, -0.05) is 6.07 Å². The molecule has 5 heteroatoms. The second-order valence-electron chi connectivity index (χ2n) is 3.35. The van der Waals surface area contributed by atoms with Gasteiger partial charge in [0.05, 0.1) is 5.69 Å². The van der Waals surface area contributed by atoms with Gasteiger partial charge in [-0.25, -0.2) is 13.8 Å². The van der Waals surface area contributed by atoms with E-state index in [1.165, 1.54) is 0 Å². The zero-order valence-corrected chi connectivity index (χ0v) is 8.86. The van der Waals surface area contributed by atoms with Crippen molar-refractivity contribution in [2.75, 3.05) is 0 Å². The number of benzene rings is 1. The van der Waals surface area contributed by atoms with Gasteiger partial charge in [-0.05, 0) is 18.2 Å². The summed E-state index contributed by atoms with van der Waals surface area (Å²) in [4.78, 5) is 4.02. The molecule has 2 N–H and O–H groups in total. The van der Waals surface area contributed by atoms with Crippen molar-refractivity contribution in [3.8, 4) is 11.6 Å². The van der Waals surface area contributed by atoms with Crippen LogP contribution in [-0.4, -0.2) is 4.98 Å². The standard InChI is InChI=1S/C12H10F2N2O/c13-8-4-5-10(14)11(6-8)17-12-3-1-2-9(7-15)16-12/h1-6H,7,15H2. The van der Waals surface area contributed by atoms with E-state index < -0.39 is 11.6 Å². The minimum absolute atomic E-state index is 0.178. The van der Waals surface area contributed by atoms with Crippen LogP contribution in [0, 0.1) is 11.6 Å². The van der Waals surface area contributed by atoms with Gasteiger partial charge < -0.3 is 10.5 Å². The molecule has 1 aromatic carbocycles. The molecule has 0 aliphatic carbocycles. The maximum Gasteiger partial charge on any atom is 0.219 e. The average molecular weight is 236 g/mol. The van der Waals surface area contributed by atoms with Crippen molar-refractivity contribution in [1.29, 1.82) is 0 Å². The third-order valence-corrected chi connectivity index (χ3v) is 2.10. The van der Waals surface area contributed by atoms with Crippen LogP contribution in [0.1, 0.15) is 5.69 Å². The summed E-state index contributed by atoms with van der Waals surface area (Å²) in [7, 11) is 0. The number of hydrogen-bond donors (Lipinski definition) is 1. The molecule has 3 nitrogen and oxygen atoms in total. The highest BCUT2D eigenvalue weighted by Crippen LogP contribution is 2.23. The number of hydrogen-bond acceptors (Lipinski definition) is 3. The van der Waals surface area contributed by atoms with Gasteiger partial charge in [-0.15, -0.1) is 0 Å². The summed E-state index contributed by atoms with van der Waals surface area (Å²) in [6.07, 6.45) is 0. The predicted octanol–water partition coefficient (Wildman–Crippen LogP) is 2.61. The Labute approximate surface area is 96.9 Å². The fraction of sp³-hybridized carbons (Fsp3) is 0.0833. The first-order valence-electron chi connectivity index (χ1n) is 4.98. The molecule has 1 aromatic heterocycles. The summed E-state index contributed by atoms with van der Waals surface area (Å²) in [6.45, 7) is 0.253. The molecule has 0 unspecified atom stereocenters. The second kappa shape index (κ2) is 4.88. The number of ether oxygens (including phenoxy) is 1. The Kier molecular flexibility index (Phi) is 3.30. The van der Waals surface area contributed by atoms with E-state index in [1.807, 2.05) is 0 Å². The summed E-state index contributed by atoms with van der Waals surface area (Å²) in [5.74, 6) is -1.24. The fourth-order valence-corrected chi connectivity index (χ4v) is 1.30. The maximum absolute atomic E-state index is 13.3. The lowest BCUT2D eigenvalue weighted by Crippen LogP contribution is -2.00. The van der Waals surface area contributed by atoms with E-state index in [0.717, 1.165) is 18.2 Å². The zero-order chi connectivity index (χ0) is 12.3. The van der Waals surface area contributed by atoms with E-state index in [1.54, 1.807) is 18.2 Å². The first-order chi connectivity index (χ1) is 8.19. The van der Waals surface area contributed by atoms with Crippen molar-refractivity contribution in [2.45, 2.75) is 6.54 Å². The Morgan fingerprint density at radius 2 is 2.00 bits per heavy atom. The molecule has 0 amide bonds. The number of aromatic nitrogens is 1. The lowest BCUT2D eigenvalue weighted by molar-refractivity contribution is 0.421. The maximum atomic E-state index is 13.3. The van der Waals surface area contributed by atoms with Gasteiger partial charge in [0.2, 0.25) is 5.88 Å². The lowest BCUT2D eigenvalue weighted by atomic mass is 10.3. The summed E-state index contributed by atoms with van der Waals surface area (Å²) < 4.78 is 31.4. The quantitative estimate of drug-likeness (QED) is 0.891. The second-order valence-corrected chi connectivity index (χ2v) is 3.35. The Hall–Kier alpha value is -2.01. The summed E-state index contributed by atoms with van der Waals surface area (Å²) in [6, 6.07) is 7.93. The third-order valence-electron chi connectivity index (χ3n) is 2.10. The van der Waals surface area contributed by atoms with Crippen LogP contribution in [0.2, 0.25) is 0 Å². The van der Waals surface area contributed by atoms with Crippen molar-refractivity contribution in [1.82, 2.24) is 4.98 Å². The van der Waals surface area contributed by atoms with Gasteiger partial charge in [0.25, 0.3) is 0 Å². The molecule has 0 bridgehead atoms. The topological polar surface area (TPSA) is 48.1 Å². The summed E-state index contributed by atoms with van der Waals surface area (Å²) >= 11 is 0. The van der Waals surface area contributed by atoms with Gasteiger partial charge in [-0.3, -0.25) is 0 Å². The number of nitrogens with two attached hydrogens (primary N) is 1. The van der Waals surface area contributed by atoms with E-state index >= 15 is 0 Å². The van der Waals surface area contributed by atoms with Crippen LogP contribution in [0.4, 0.5) is 8.78 Å². The lowest BCUT2D eigenvalue weighted by Gasteiger charge is -2.06. The molecule has 0 atom stereocenters. The highest BCUT2D eigenvalue weighted by atomic mass is 19.1. The monoisotopic (exact) mass is 236 g/mol. The van der Waals surface area contributed by atoms with Crippen LogP contribution in [0.5, 0.6) is 11.6 Å². The molecule has 1 heterocycles. The molecule has 0 saturated heterocycles. The minimum Gasteiger partial charge on any atom is -0.436 e. The molecular weight excluding hydrogens is 226 g/mol. The van der Waals surface area contributed by atoms with Gasteiger partial charge in [0, 0.05) is 18.7 Å². The zero-order valence-electron chi connectivity index (χ0n) is 8.86. The van der Waals surface area contributed by atoms with E-state index in [9.17, 15) is 8.78 Å². The van der Waals surface area contributed by atoms with Crippen molar-refractivity contribution in [3.63, 3.8) is 0 Å². The van der Waals surface area contributed by atoms with Crippen molar-refractivity contribution in [2.24, 2.45) is 5.73 Å². The van der Waals surface area contributed by atoms with Crippen molar-refractivity contribution >= 4 is 0 Å². The highest BCUT2D eigenvalue weighted by molar-refractivity contribution is 5.29. The van der Waals surface area contributed by atoms with Crippen LogP contribution in [-0.2, 0) is 6.54 Å². The largest absolute Gasteiger partial charge is 0.436 e. The van der Waals surface area contributed by atoms with Crippen molar-refractivity contribution < 1.29 is 13.5 Å². The highest BCUT2D eigenvalue weighted by Gasteiger charge is 2.07. The average Bonchev–Trinajstić information content (AvgIpc) is 2.34. The first-order valence-corrected chi connectivity index (χ1v) is 4.98.